The second-order valence-corrected chi connectivity index (χ2v) is 4.25. The van der Waals surface area contributed by atoms with Crippen LogP contribution in [0.3, 0.4) is 0 Å². The minimum atomic E-state index is -2.47. The molecular weight excluding hydrogens is 246 g/mol. The molecule has 1 rings (SSSR count). The van der Waals surface area contributed by atoms with Gasteiger partial charge in [0.25, 0.3) is 0 Å². The molecule has 9 heteroatoms. The summed E-state index contributed by atoms with van der Waals surface area (Å²) in [5, 5.41) is 27.1. The zero-order valence-corrected chi connectivity index (χ0v) is 9.16. The lowest BCUT2D eigenvalue weighted by Gasteiger charge is -2.42. The van der Waals surface area contributed by atoms with Crippen LogP contribution in [0.5, 0.6) is 0 Å². The van der Waals surface area contributed by atoms with Crippen molar-refractivity contribution >= 4 is 17.9 Å². The van der Waals surface area contributed by atoms with Crippen molar-refractivity contribution in [1.29, 1.82) is 0 Å². The lowest BCUT2D eigenvalue weighted by Crippen LogP contribution is -2.71. The second kappa shape index (κ2) is 3.96. The third-order valence-electron chi connectivity index (χ3n) is 2.93. The molecule has 0 bridgehead atoms. The smallest absolute Gasteiger partial charge is 0.328 e. The number of rotatable bonds is 3. The van der Waals surface area contributed by atoms with E-state index in [0.717, 1.165) is 6.08 Å². The molecule has 0 saturated heterocycles. The van der Waals surface area contributed by atoms with E-state index in [1.807, 2.05) is 0 Å². The first kappa shape index (κ1) is 13.9. The zero-order valence-electron chi connectivity index (χ0n) is 9.16. The summed E-state index contributed by atoms with van der Waals surface area (Å²) >= 11 is 0. The first-order chi connectivity index (χ1) is 8.05. The molecule has 18 heavy (non-hydrogen) atoms. The number of aliphatic carboxylic acids is 3. The predicted octanol–water partition coefficient (Wildman–Crippen LogP) is -2.50. The highest BCUT2D eigenvalue weighted by Crippen LogP contribution is 2.36. The first-order valence-electron chi connectivity index (χ1n) is 4.80. The van der Waals surface area contributed by atoms with E-state index >= 15 is 0 Å². The standard InChI is InChI=1S/C9H13N3O6/c10-3-1-8(11,6(15)16)4(5(13)14)9(12,2-3)7(17)18/h1,4H,2,10-12H2,(H,13,14)(H,15,16)(H,17,18). The second-order valence-electron chi connectivity index (χ2n) is 4.25. The molecule has 0 fully saturated rings. The number of carboxylic acids is 3. The van der Waals surface area contributed by atoms with Crippen molar-refractivity contribution in [2.45, 2.75) is 17.5 Å². The average molecular weight is 259 g/mol. The lowest BCUT2D eigenvalue weighted by atomic mass is 9.65. The van der Waals surface area contributed by atoms with Crippen molar-refractivity contribution in [2.75, 3.05) is 0 Å². The maximum atomic E-state index is 11.1. The van der Waals surface area contributed by atoms with Gasteiger partial charge in [0, 0.05) is 12.1 Å². The number of carbonyl (C=O) groups is 3. The van der Waals surface area contributed by atoms with Crippen molar-refractivity contribution in [3.05, 3.63) is 11.8 Å². The molecule has 1 aliphatic carbocycles. The molecule has 100 valence electrons. The maximum absolute atomic E-state index is 11.1. The predicted molar refractivity (Wildman–Crippen MR) is 57.1 cm³/mol. The molecular formula is C9H13N3O6. The van der Waals surface area contributed by atoms with Crippen LogP contribution in [0.25, 0.3) is 0 Å². The van der Waals surface area contributed by atoms with Gasteiger partial charge in [-0.1, -0.05) is 0 Å². The van der Waals surface area contributed by atoms with Gasteiger partial charge in [-0.05, 0) is 6.08 Å². The number of nitrogens with two attached hydrogens (primary N) is 3. The van der Waals surface area contributed by atoms with Gasteiger partial charge in [-0.2, -0.15) is 0 Å². The Balaban J connectivity index is 3.53. The summed E-state index contributed by atoms with van der Waals surface area (Å²) in [5.41, 5.74) is 11.4. The first-order valence-corrected chi connectivity index (χ1v) is 4.80. The van der Waals surface area contributed by atoms with Crippen LogP contribution in [0.4, 0.5) is 0 Å². The van der Waals surface area contributed by atoms with Crippen LogP contribution in [-0.2, 0) is 14.4 Å². The van der Waals surface area contributed by atoms with Gasteiger partial charge in [0.05, 0.1) is 0 Å². The third-order valence-corrected chi connectivity index (χ3v) is 2.93. The van der Waals surface area contributed by atoms with E-state index in [1.54, 1.807) is 0 Å². The molecule has 0 spiro atoms. The van der Waals surface area contributed by atoms with E-state index in [0.29, 0.717) is 0 Å². The highest BCUT2D eigenvalue weighted by molar-refractivity contribution is 5.96. The molecule has 0 amide bonds. The fraction of sp³-hybridized carbons (Fsp3) is 0.444. The van der Waals surface area contributed by atoms with Gasteiger partial charge in [-0.25, -0.2) is 4.79 Å². The summed E-state index contributed by atoms with van der Waals surface area (Å²) in [6.07, 6.45) is 0.327. The molecule has 0 radical (unpaired) electrons. The Morgan fingerprint density at radius 2 is 1.67 bits per heavy atom. The van der Waals surface area contributed by atoms with Crippen molar-refractivity contribution < 1.29 is 29.7 Å². The zero-order chi connectivity index (χ0) is 14.3. The summed E-state index contributed by atoms with van der Waals surface area (Å²) in [6.45, 7) is 0. The molecule has 3 atom stereocenters. The summed E-state index contributed by atoms with van der Waals surface area (Å²) in [7, 11) is 0. The monoisotopic (exact) mass is 259 g/mol. The van der Waals surface area contributed by atoms with Crippen LogP contribution in [0.1, 0.15) is 6.42 Å². The Morgan fingerprint density at radius 3 is 2.00 bits per heavy atom. The number of hydrogen-bond donors (Lipinski definition) is 6. The van der Waals surface area contributed by atoms with Crippen LogP contribution in [0.2, 0.25) is 0 Å². The van der Waals surface area contributed by atoms with Crippen LogP contribution in [0, 0.1) is 5.92 Å². The van der Waals surface area contributed by atoms with Crippen LogP contribution >= 0.6 is 0 Å². The molecule has 0 heterocycles. The fourth-order valence-corrected chi connectivity index (χ4v) is 2.12. The minimum absolute atomic E-state index is 0.178. The average Bonchev–Trinajstić information content (AvgIpc) is 2.14. The van der Waals surface area contributed by atoms with E-state index in [-0.39, 0.29) is 5.70 Å². The van der Waals surface area contributed by atoms with Crippen LogP contribution in [0.15, 0.2) is 11.8 Å². The Kier molecular flexibility index (Phi) is 3.07. The molecule has 9 N–H and O–H groups in total. The molecule has 0 aliphatic heterocycles. The van der Waals surface area contributed by atoms with E-state index < -0.39 is 41.3 Å². The lowest BCUT2D eigenvalue weighted by molar-refractivity contribution is -0.164. The van der Waals surface area contributed by atoms with Gasteiger partial charge in [-0.15, -0.1) is 0 Å². The molecule has 0 aromatic heterocycles. The summed E-state index contributed by atoms with van der Waals surface area (Å²) in [5.74, 6) is -7.14. The highest BCUT2D eigenvalue weighted by Gasteiger charge is 2.61. The molecule has 0 saturated carbocycles. The van der Waals surface area contributed by atoms with Gasteiger partial charge in [0.1, 0.15) is 11.5 Å². The van der Waals surface area contributed by atoms with Gasteiger partial charge in [0.2, 0.25) is 0 Å². The normalized spacial score (nSPS) is 35.7. The van der Waals surface area contributed by atoms with Crippen molar-refractivity contribution in [3.63, 3.8) is 0 Å². The van der Waals surface area contributed by atoms with Gasteiger partial charge >= 0.3 is 17.9 Å². The van der Waals surface area contributed by atoms with E-state index in [4.69, 9.17) is 32.5 Å². The topological polar surface area (TPSA) is 190 Å². The van der Waals surface area contributed by atoms with Crippen molar-refractivity contribution in [2.24, 2.45) is 23.1 Å². The summed E-state index contributed by atoms with van der Waals surface area (Å²) in [4.78, 5) is 33.4. The quantitative estimate of drug-likeness (QED) is 0.318. The van der Waals surface area contributed by atoms with Crippen LogP contribution in [-0.4, -0.2) is 44.3 Å². The fourth-order valence-electron chi connectivity index (χ4n) is 2.12. The Hall–Kier alpha value is -2.13. The Bertz CT molecular complexity index is 461. The molecule has 0 aromatic rings. The van der Waals surface area contributed by atoms with Gasteiger partial charge in [-0.3, -0.25) is 9.59 Å². The van der Waals surface area contributed by atoms with Gasteiger partial charge in [0.15, 0.2) is 5.54 Å². The van der Waals surface area contributed by atoms with E-state index in [1.165, 1.54) is 0 Å². The number of carboxylic acid groups (broad SMARTS) is 3. The van der Waals surface area contributed by atoms with Crippen LogP contribution < -0.4 is 17.2 Å². The maximum Gasteiger partial charge on any atom is 0.328 e. The van der Waals surface area contributed by atoms with Crippen molar-refractivity contribution in [3.8, 4) is 0 Å². The van der Waals surface area contributed by atoms with Gasteiger partial charge < -0.3 is 32.5 Å². The summed E-state index contributed by atoms with van der Waals surface area (Å²) < 4.78 is 0. The van der Waals surface area contributed by atoms with E-state index in [2.05, 4.69) is 0 Å². The SMILES string of the molecule is NC1=CC(N)(C(=O)O)C(C(=O)O)C(N)(C(=O)O)C1. The number of hydrogen-bond acceptors (Lipinski definition) is 6. The summed E-state index contributed by atoms with van der Waals surface area (Å²) in [6, 6.07) is 0. The molecule has 1 aliphatic rings. The van der Waals surface area contributed by atoms with E-state index in [9.17, 15) is 14.4 Å². The third kappa shape index (κ3) is 1.79. The highest BCUT2D eigenvalue weighted by atomic mass is 16.4. The Morgan fingerprint density at radius 1 is 1.17 bits per heavy atom. The molecule has 3 unspecified atom stereocenters. The molecule has 9 nitrogen and oxygen atoms in total. The largest absolute Gasteiger partial charge is 0.481 e. The minimum Gasteiger partial charge on any atom is -0.481 e. The Labute approximate surface area is 101 Å². The molecule has 0 aromatic carbocycles. The van der Waals surface area contributed by atoms with Crippen molar-refractivity contribution in [1.82, 2.24) is 0 Å².